The summed E-state index contributed by atoms with van der Waals surface area (Å²) in [6, 6.07) is 12.2. The predicted octanol–water partition coefficient (Wildman–Crippen LogP) is 2.56. The number of nitrogens with one attached hydrogen (secondary N) is 1. The van der Waals surface area contributed by atoms with Gasteiger partial charge < -0.3 is 15.0 Å². The first-order chi connectivity index (χ1) is 10.8. The van der Waals surface area contributed by atoms with Gasteiger partial charge in [-0.1, -0.05) is 12.1 Å². The molecule has 112 valence electrons. The van der Waals surface area contributed by atoms with E-state index < -0.39 is 0 Å². The average molecular weight is 294 g/mol. The number of piperazine rings is 1. The van der Waals surface area contributed by atoms with Crippen LogP contribution in [-0.2, 0) is 0 Å². The second-order valence-electron chi connectivity index (χ2n) is 5.61. The predicted molar refractivity (Wildman–Crippen MR) is 86.0 cm³/mol. The number of para-hydroxylation sites is 2. The largest absolute Gasteiger partial charge is 0.436 e. The zero-order valence-corrected chi connectivity index (χ0v) is 12.5. The molecule has 0 bridgehead atoms. The van der Waals surface area contributed by atoms with Crippen LogP contribution in [0.15, 0.2) is 47.6 Å². The number of fused-ring (bicyclic) bond motifs is 2. The van der Waals surface area contributed by atoms with E-state index >= 15 is 0 Å². The van der Waals surface area contributed by atoms with Gasteiger partial charge in [-0.2, -0.15) is 0 Å². The summed E-state index contributed by atoms with van der Waals surface area (Å²) in [5.74, 6) is 2.32. The van der Waals surface area contributed by atoms with Crippen molar-refractivity contribution in [2.75, 3.05) is 19.6 Å². The molecule has 1 atom stereocenters. The maximum absolute atomic E-state index is 5.99. The lowest BCUT2D eigenvalue weighted by Crippen LogP contribution is -2.52. The highest BCUT2D eigenvalue weighted by Crippen LogP contribution is 2.36. The summed E-state index contributed by atoms with van der Waals surface area (Å²) in [6.45, 7) is 5.05. The number of pyridine rings is 1. The molecule has 0 amide bonds. The highest BCUT2D eigenvalue weighted by atomic mass is 16.5. The maximum atomic E-state index is 5.99. The number of hydrogen-bond acceptors (Lipinski definition) is 5. The third-order valence-electron chi connectivity index (χ3n) is 4.08. The molecule has 1 unspecified atom stereocenters. The third kappa shape index (κ3) is 2.23. The van der Waals surface area contributed by atoms with E-state index in [-0.39, 0.29) is 0 Å². The number of aromatic nitrogens is 1. The lowest BCUT2D eigenvalue weighted by atomic mass is 10.1. The van der Waals surface area contributed by atoms with E-state index in [1.807, 2.05) is 36.4 Å². The highest BCUT2D eigenvalue weighted by molar-refractivity contribution is 6.03. The molecule has 22 heavy (non-hydrogen) atoms. The molecular formula is C17H18N4O. The molecule has 5 heteroatoms. The van der Waals surface area contributed by atoms with E-state index in [0.29, 0.717) is 11.9 Å². The Hall–Kier alpha value is -2.40. The van der Waals surface area contributed by atoms with E-state index in [4.69, 9.17) is 9.73 Å². The number of benzene rings is 1. The average Bonchev–Trinajstić information content (AvgIpc) is 2.72. The Morgan fingerprint density at radius 3 is 3.05 bits per heavy atom. The minimum Gasteiger partial charge on any atom is -0.436 e. The highest BCUT2D eigenvalue weighted by Gasteiger charge is 2.27. The van der Waals surface area contributed by atoms with Gasteiger partial charge in [0.1, 0.15) is 11.5 Å². The van der Waals surface area contributed by atoms with Gasteiger partial charge >= 0.3 is 0 Å². The summed E-state index contributed by atoms with van der Waals surface area (Å²) in [7, 11) is 0. The molecule has 0 saturated carbocycles. The van der Waals surface area contributed by atoms with Gasteiger partial charge in [0, 0.05) is 31.9 Å². The van der Waals surface area contributed by atoms with Crippen LogP contribution >= 0.6 is 0 Å². The molecule has 5 nitrogen and oxygen atoms in total. The summed E-state index contributed by atoms with van der Waals surface area (Å²) < 4.78 is 5.99. The Morgan fingerprint density at radius 1 is 1.23 bits per heavy atom. The first-order valence-corrected chi connectivity index (χ1v) is 7.61. The van der Waals surface area contributed by atoms with Gasteiger partial charge in [-0.15, -0.1) is 0 Å². The fourth-order valence-electron chi connectivity index (χ4n) is 2.93. The van der Waals surface area contributed by atoms with E-state index in [9.17, 15) is 0 Å². The molecule has 1 aromatic heterocycles. The molecule has 3 heterocycles. The molecule has 2 aromatic rings. The Bertz CT molecular complexity index is 728. The number of rotatable bonds is 0. The van der Waals surface area contributed by atoms with Crippen molar-refractivity contribution in [1.29, 1.82) is 0 Å². The zero-order valence-electron chi connectivity index (χ0n) is 12.5. The molecule has 1 fully saturated rings. The molecule has 2 aliphatic rings. The van der Waals surface area contributed by atoms with Gasteiger partial charge in [-0.25, -0.2) is 9.98 Å². The molecular weight excluding hydrogens is 276 g/mol. The number of nitrogens with zero attached hydrogens (tertiary/aromatic N) is 3. The first kappa shape index (κ1) is 13.3. The van der Waals surface area contributed by atoms with Crippen LogP contribution in [0.2, 0.25) is 0 Å². The van der Waals surface area contributed by atoms with E-state index in [2.05, 4.69) is 22.1 Å². The van der Waals surface area contributed by atoms with Crippen molar-refractivity contribution in [2.45, 2.75) is 13.0 Å². The number of aliphatic imine (C=N–C) groups is 1. The second-order valence-corrected chi connectivity index (χ2v) is 5.61. The molecule has 4 rings (SSSR count). The van der Waals surface area contributed by atoms with Crippen LogP contribution in [0.1, 0.15) is 12.5 Å². The van der Waals surface area contributed by atoms with Crippen molar-refractivity contribution < 1.29 is 4.74 Å². The van der Waals surface area contributed by atoms with Crippen molar-refractivity contribution in [2.24, 2.45) is 4.99 Å². The zero-order chi connectivity index (χ0) is 14.9. The van der Waals surface area contributed by atoms with E-state index in [1.54, 1.807) is 6.20 Å². The topological polar surface area (TPSA) is 49.8 Å². The quantitative estimate of drug-likeness (QED) is 0.811. The SMILES string of the molecule is CC1CNCCN1C1=Nc2ccccc2Oc2ncccc21. The van der Waals surface area contributed by atoms with Gasteiger partial charge in [0.25, 0.3) is 0 Å². The Balaban J connectivity index is 1.88. The van der Waals surface area contributed by atoms with Crippen molar-refractivity contribution in [3.8, 4) is 11.6 Å². The van der Waals surface area contributed by atoms with Crippen molar-refractivity contribution in [3.05, 3.63) is 48.2 Å². The number of hydrogen-bond donors (Lipinski definition) is 1. The Kier molecular flexibility index (Phi) is 3.27. The summed E-state index contributed by atoms with van der Waals surface area (Å²) in [5, 5.41) is 3.42. The van der Waals surface area contributed by atoms with Gasteiger partial charge in [0.15, 0.2) is 5.75 Å². The van der Waals surface area contributed by atoms with Crippen LogP contribution in [-0.4, -0.2) is 41.4 Å². The molecule has 0 radical (unpaired) electrons. The van der Waals surface area contributed by atoms with Crippen molar-refractivity contribution in [1.82, 2.24) is 15.2 Å². The van der Waals surface area contributed by atoms with Crippen LogP contribution < -0.4 is 10.1 Å². The number of amidine groups is 1. The molecule has 2 aliphatic heterocycles. The third-order valence-corrected chi connectivity index (χ3v) is 4.08. The molecule has 1 saturated heterocycles. The number of ether oxygens (including phenoxy) is 1. The Morgan fingerprint density at radius 2 is 2.14 bits per heavy atom. The van der Waals surface area contributed by atoms with Crippen molar-refractivity contribution >= 4 is 11.5 Å². The first-order valence-electron chi connectivity index (χ1n) is 7.61. The molecule has 0 spiro atoms. The lowest BCUT2D eigenvalue weighted by molar-refractivity contribution is 0.274. The molecule has 1 aromatic carbocycles. The second kappa shape index (κ2) is 5.42. The van der Waals surface area contributed by atoms with Crippen LogP contribution in [0.3, 0.4) is 0 Å². The monoisotopic (exact) mass is 294 g/mol. The minimum atomic E-state index is 0.380. The summed E-state index contributed by atoms with van der Waals surface area (Å²) in [5.41, 5.74) is 1.80. The van der Waals surface area contributed by atoms with Crippen molar-refractivity contribution in [3.63, 3.8) is 0 Å². The fourth-order valence-corrected chi connectivity index (χ4v) is 2.93. The summed E-state index contributed by atoms with van der Waals surface area (Å²) in [6.07, 6.45) is 1.76. The Labute approximate surface area is 129 Å². The van der Waals surface area contributed by atoms with Crippen LogP contribution in [0, 0.1) is 0 Å². The van der Waals surface area contributed by atoms with E-state index in [0.717, 1.165) is 42.5 Å². The maximum Gasteiger partial charge on any atom is 0.230 e. The van der Waals surface area contributed by atoms with Crippen LogP contribution in [0.4, 0.5) is 5.69 Å². The van der Waals surface area contributed by atoms with Crippen LogP contribution in [0.25, 0.3) is 0 Å². The molecule has 1 N–H and O–H groups in total. The van der Waals surface area contributed by atoms with Gasteiger partial charge in [-0.3, -0.25) is 0 Å². The van der Waals surface area contributed by atoms with E-state index in [1.165, 1.54) is 0 Å². The molecule has 0 aliphatic carbocycles. The minimum absolute atomic E-state index is 0.380. The fraction of sp³-hybridized carbons (Fsp3) is 0.294. The smallest absolute Gasteiger partial charge is 0.230 e. The van der Waals surface area contributed by atoms with Gasteiger partial charge in [0.2, 0.25) is 5.88 Å². The van der Waals surface area contributed by atoms with Gasteiger partial charge in [-0.05, 0) is 31.2 Å². The normalized spacial score (nSPS) is 20.3. The summed E-state index contributed by atoms with van der Waals surface area (Å²) in [4.78, 5) is 11.6. The van der Waals surface area contributed by atoms with Gasteiger partial charge in [0.05, 0.1) is 5.56 Å². The summed E-state index contributed by atoms with van der Waals surface area (Å²) >= 11 is 0. The van der Waals surface area contributed by atoms with Crippen LogP contribution in [0.5, 0.6) is 11.6 Å². The standard InChI is InChI=1S/C17H18N4O/c1-12-11-18-9-10-21(12)16-13-5-4-8-19-17(13)22-15-7-3-2-6-14(15)20-16/h2-8,12,18H,9-11H2,1H3. The lowest BCUT2D eigenvalue weighted by Gasteiger charge is -2.36.